The van der Waals surface area contributed by atoms with Crippen LogP contribution in [-0.4, -0.2) is 61.0 Å². The highest BCUT2D eigenvalue weighted by molar-refractivity contribution is 6.05. The van der Waals surface area contributed by atoms with Crippen molar-refractivity contribution in [3.63, 3.8) is 0 Å². The van der Waals surface area contributed by atoms with Crippen LogP contribution in [0, 0.1) is 0 Å². The van der Waals surface area contributed by atoms with Crippen molar-refractivity contribution in [1.29, 1.82) is 0 Å². The van der Waals surface area contributed by atoms with E-state index >= 15 is 0 Å². The Morgan fingerprint density at radius 2 is 1.78 bits per heavy atom. The predicted octanol–water partition coefficient (Wildman–Crippen LogP) is 2.34. The maximum absolute atomic E-state index is 12.9. The quantitative estimate of drug-likeness (QED) is 0.537. The van der Waals surface area contributed by atoms with E-state index in [2.05, 4.69) is 33.0 Å². The van der Waals surface area contributed by atoms with Gasteiger partial charge in [0.05, 0.1) is 18.8 Å². The summed E-state index contributed by atoms with van der Waals surface area (Å²) in [7, 11) is 0. The van der Waals surface area contributed by atoms with Gasteiger partial charge in [-0.3, -0.25) is 19.7 Å². The molecule has 0 bridgehead atoms. The highest BCUT2D eigenvalue weighted by Gasteiger charge is 2.39. The van der Waals surface area contributed by atoms with Gasteiger partial charge in [0.15, 0.2) is 0 Å². The highest BCUT2D eigenvalue weighted by atomic mass is 16.5. The van der Waals surface area contributed by atoms with Gasteiger partial charge in [0, 0.05) is 43.0 Å². The van der Waals surface area contributed by atoms with Crippen LogP contribution in [0.3, 0.4) is 0 Å². The molecule has 2 fully saturated rings. The number of benzene rings is 2. The smallest absolute Gasteiger partial charge is 0.319 e. The number of carbonyl (C=O) groups is 4. The fourth-order valence-corrected chi connectivity index (χ4v) is 5.08. The highest BCUT2D eigenvalue weighted by Crippen LogP contribution is 2.30. The molecule has 5 rings (SSSR count). The summed E-state index contributed by atoms with van der Waals surface area (Å²) in [4.78, 5) is 53.2. The van der Waals surface area contributed by atoms with Gasteiger partial charge in [-0.05, 0) is 61.7 Å². The van der Waals surface area contributed by atoms with E-state index in [-0.39, 0.29) is 30.8 Å². The van der Waals surface area contributed by atoms with E-state index in [1.54, 1.807) is 18.2 Å². The van der Waals surface area contributed by atoms with Gasteiger partial charge in [-0.25, -0.2) is 4.79 Å². The predicted molar refractivity (Wildman–Crippen MR) is 137 cm³/mol. The second kappa shape index (κ2) is 9.85. The number of hydrogen-bond donors (Lipinski definition) is 3. The summed E-state index contributed by atoms with van der Waals surface area (Å²) in [5.74, 6) is -1.02. The van der Waals surface area contributed by atoms with E-state index in [1.807, 2.05) is 26.0 Å². The van der Waals surface area contributed by atoms with E-state index in [0.29, 0.717) is 17.7 Å². The number of hydrogen-bond acceptors (Lipinski definition) is 6. The molecule has 2 saturated heterocycles. The minimum atomic E-state index is -0.673. The molecule has 2 aromatic carbocycles. The van der Waals surface area contributed by atoms with E-state index in [1.165, 1.54) is 4.90 Å². The Labute approximate surface area is 215 Å². The lowest BCUT2D eigenvalue weighted by Crippen LogP contribution is -2.52. The Balaban J connectivity index is 1.21. The molecule has 0 radical (unpaired) electrons. The normalized spacial score (nSPS) is 19.9. The number of morpholine rings is 1. The molecule has 3 N–H and O–H groups in total. The SMILES string of the molecule is CC(C)(NC(=O)Nc1ccc2c(c1)CN(C1CCC(=O)NC1=O)C2=O)c1ccc(N2CCOCC2)cc1. The molecule has 3 aliphatic heterocycles. The number of ether oxygens (including phenoxy) is 1. The van der Waals surface area contributed by atoms with Crippen molar-refractivity contribution in [2.75, 3.05) is 36.5 Å². The van der Waals surface area contributed by atoms with Crippen LogP contribution in [0.2, 0.25) is 0 Å². The third-order valence-electron chi connectivity index (χ3n) is 7.17. The fraction of sp³-hybridized carbons (Fsp3) is 0.407. The molecule has 10 heteroatoms. The summed E-state index contributed by atoms with van der Waals surface area (Å²) in [6, 6.07) is 12.2. The van der Waals surface area contributed by atoms with Gasteiger partial charge in [0.1, 0.15) is 6.04 Å². The van der Waals surface area contributed by atoms with E-state index in [0.717, 1.165) is 43.1 Å². The lowest BCUT2D eigenvalue weighted by atomic mass is 9.94. The number of amides is 5. The number of nitrogens with one attached hydrogen (secondary N) is 3. The molecule has 10 nitrogen and oxygen atoms in total. The van der Waals surface area contributed by atoms with Crippen molar-refractivity contribution >= 4 is 35.1 Å². The van der Waals surface area contributed by atoms with Gasteiger partial charge in [0.2, 0.25) is 11.8 Å². The zero-order valence-corrected chi connectivity index (χ0v) is 21.0. The van der Waals surface area contributed by atoms with Crippen LogP contribution < -0.4 is 20.9 Å². The first-order valence-corrected chi connectivity index (χ1v) is 12.5. The maximum Gasteiger partial charge on any atom is 0.319 e. The van der Waals surface area contributed by atoms with E-state index in [4.69, 9.17) is 4.74 Å². The molecule has 5 amide bonds. The van der Waals surface area contributed by atoms with Gasteiger partial charge in [0.25, 0.3) is 5.91 Å². The zero-order valence-electron chi connectivity index (χ0n) is 21.0. The van der Waals surface area contributed by atoms with Crippen LogP contribution in [-0.2, 0) is 26.4 Å². The van der Waals surface area contributed by atoms with Crippen molar-refractivity contribution in [3.8, 4) is 0 Å². The Morgan fingerprint density at radius 3 is 2.49 bits per heavy atom. The van der Waals surface area contributed by atoms with Gasteiger partial charge in [-0.2, -0.15) is 0 Å². The van der Waals surface area contributed by atoms with Crippen molar-refractivity contribution in [2.45, 2.75) is 44.8 Å². The minimum absolute atomic E-state index is 0.204. The number of nitrogens with zero attached hydrogens (tertiary/aromatic N) is 2. The number of imide groups is 1. The van der Waals surface area contributed by atoms with Crippen LogP contribution in [0.1, 0.15) is 48.2 Å². The molecule has 0 spiro atoms. The molecular weight excluding hydrogens is 474 g/mol. The Kier molecular flexibility index (Phi) is 6.59. The van der Waals surface area contributed by atoms with Crippen molar-refractivity contribution in [1.82, 2.24) is 15.5 Å². The minimum Gasteiger partial charge on any atom is -0.378 e. The number of rotatable bonds is 5. The monoisotopic (exact) mass is 505 g/mol. The Morgan fingerprint density at radius 1 is 1.05 bits per heavy atom. The number of urea groups is 1. The second-order valence-electron chi connectivity index (χ2n) is 10.1. The third-order valence-corrected chi connectivity index (χ3v) is 7.17. The van der Waals surface area contributed by atoms with Crippen LogP contribution in [0.25, 0.3) is 0 Å². The second-order valence-corrected chi connectivity index (χ2v) is 10.1. The average Bonchev–Trinajstić information content (AvgIpc) is 3.19. The van der Waals surface area contributed by atoms with Crippen molar-refractivity contribution in [2.24, 2.45) is 0 Å². The number of fused-ring (bicyclic) bond motifs is 1. The molecular formula is C27H31N5O5. The lowest BCUT2D eigenvalue weighted by Gasteiger charge is -2.31. The first kappa shape index (κ1) is 24.8. The average molecular weight is 506 g/mol. The Bertz CT molecular complexity index is 1240. The summed E-state index contributed by atoms with van der Waals surface area (Å²) >= 11 is 0. The molecule has 1 atom stereocenters. The van der Waals surface area contributed by atoms with Gasteiger partial charge in [-0.15, -0.1) is 0 Å². The lowest BCUT2D eigenvalue weighted by molar-refractivity contribution is -0.136. The molecule has 0 saturated carbocycles. The van der Waals surface area contributed by atoms with Gasteiger partial charge < -0.3 is 25.2 Å². The van der Waals surface area contributed by atoms with Gasteiger partial charge >= 0.3 is 6.03 Å². The van der Waals surface area contributed by atoms with Crippen LogP contribution >= 0.6 is 0 Å². The van der Waals surface area contributed by atoms with Gasteiger partial charge in [-0.1, -0.05) is 12.1 Å². The standard InChI is InChI=1S/C27H31N5O5/c1-27(2,18-3-6-20(7-4-18)31-11-13-37-14-12-31)30-26(36)28-19-5-8-21-17(15-19)16-32(25(21)35)22-9-10-23(33)29-24(22)34/h3-8,15,22H,9-14,16H2,1-2H3,(H2,28,30,36)(H,29,33,34). The molecule has 2 aromatic rings. The topological polar surface area (TPSA) is 120 Å². The summed E-state index contributed by atoms with van der Waals surface area (Å²) in [6.07, 6.45) is 0.510. The molecule has 3 aliphatic rings. The Hall–Kier alpha value is -3.92. The molecule has 0 aromatic heterocycles. The first-order chi connectivity index (χ1) is 17.7. The largest absolute Gasteiger partial charge is 0.378 e. The van der Waals surface area contributed by atoms with Crippen molar-refractivity contribution < 1.29 is 23.9 Å². The van der Waals surface area contributed by atoms with E-state index < -0.39 is 17.5 Å². The molecule has 3 heterocycles. The van der Waals surface area contributed by atoms with Crippen LogP contribution in [0.4, 0.5) is 16.2 Å². The summed E-state index contributed by atoms with van der Waals surface area (Å²) in [5, 5.41) is 8.18. The number of anilines is 2. The zero-order chi connectivity index (χ0) is 26.2. The maximum atomic E-state index is 12.9. The van der Waals surface area contributed by atoms with Crippen molar-refractivity contribution in [3.05, 3.63) is 59.2 Å². The molecule has 37 heavy (non-hydrogen) atoms. The summed E-state index contributed by atoms with van der Waals surface area (Å²) in [6.45, 7) is 7.30. The molecule has 1 unspecified atom stereocenters. The fourth-order valence-electron chi connectivity index (χ4n) is 5.08. The number of piperidine rings is 1. The van der Waals surface area contributed by atoms with Crippen LogP contribution in [0.15, 0.2) is 42.5 Å². The first-order valence-electron chi connectivity index (χ1n) is 12.5. The third kappa shape index (κ3) is 5.15. The van der Waals surface area contributed by atoms with E-state index in [9.17, 15) is 19.2 Å². The molecule has 0 aliphatic carbocycles. The summed E-state index contributed by atoms with van der Waals surface area (Å²) in [5.41, 5.74) is 3.25. The number of carbonyl (C=O) groups excluding carboxylic acids is 4. The summed E-state index contributed by atoms with van der Waals surface area (Å²) < 4.78 is 5.42. The van der Waals surface area contributed by atoms with Crippen LogP contribution in [0.5, 0.6) is 0 Å². The molecule has 194 valence electrons.